The average Bonchev–Trinajstić information content (AvgIpc) is 3.17. The van der Waals surface area contributed by atoms with Crippen molar-refractivity contribution in [3.63, 3.8) is 0 Å². The van der Waals surface area contributed by atoms with Crippen molar-refractivity contribution in [1.82, 2.24) is 15.4 Å². The second kappa shape index (κ2) is 8.81. The van der Waals surface area contributed by atoms with E-state index in [-0.39, 0.29) is 13.1 Å². The summed E-state index contributed by atoms with van der Waals surface area (Å²) in [4.78, 5) is 26.7. The summed E-state index contributed by atoms with van der Waals surface area (Å²) in [7, 11) is 1.57. The van der Waals surface area contributed by atoms with Crippen molar-refractivity contribution in [2.75, 3.05) is 13.7 Å². The largest absolute Gasteiger partial charge is 0.496 e. The van der Waals surface area contributed by atoms with Crippen molar-refractivity contribution < 1.29 is 18.8 Å². The van der Waals surface area contributed by atoms with Crippen LogP contribution in [0.3, 0.4) is 0 Å². The fourth-order valence-corrected chi connectivity index (χ4v) is 4.01. The van der Waals surface area contributed by atoms with Gasteiger partial charge in [-0.3, -0.25) is 9.59 Å². The molecule has 160 valence electrons. The summed E-state index contributed by atoms with van der Waals surface area (Å²) in [6.07, 6.45) is 0.563. The normalized spacial score (nSPS) is 12.9. The van der Waals surface area contributed by atoms with Gasteiger partial charge in [-0.1, -0.05) is 47.1 Å². The molecule has 0 unspecified atom stereocenters. The first kappa shape index (κ1) is 20.9. The van der Waals surface area contributed by atoms with Gasteiger partial charge in [-0.05, 0) is 31.0 Å². The van der Waals surface area contributed by atoms with Crippen LogP contribution in [0, 0.1) is 6.92 Å². The third-order valence-corrected chi connectivity index (χ3v) is 5.84. The van der Waals surface area contributed by atoms with E-state index in [4.69, 9.17) is 20.9 Å². The minimum Gasteiger partial charge on any atom is -0.496 e. The molecule has 1 aliphatic rings. The van der Waals surface area contributed by atoms with Crippen LogP contribution in [-0.4, -0.2) is 35.5 Å². The first-order chi connectivity index (χ1) is 15.0. The molecule has 0 saturated carbocycles. The Bertz CT molecular complexity index is 1130. The number of halogens is 1. The Morgan fingerprint density at radius 3 is 2.71 bits per heavy atom. The third-order valence-electron chi connectivity index (χ3n) is 5.49. The lowest BCUT2D eigenvalue weighted by Gasteiger charge is -2.30. The van der Waals surface area contributed by atoms with Gasteiger partial charge in [-0.25, -0.2) is 0 Å². The molecule has 0 atom stereocenters. The first-order valence-corrected chi connectivity index (χ1v) is 10.3. The number of fused-ring (bicyclic) bond motifs is 1. The maximum Gasteiger partial charge on any atom is 0.312 e. The van der Waals surface area contributed by atoms with Crippen molar-refractivity contribution >= 4 is 23.4 Å². The van der Waals surface area contributed by atoms with Crippen LogP contribution in [0.15, 0.2) is 47.0 Å². The van der Waals surface area contributed by atoms with Crippen LogP contribution >= 0.6 is 11.6 Å². The topological polar surface area (TPSA) is 84.7 Å². The van der Waals surface area contributed by atoms with E-state index in [1.807, 2.05) is 37.3 Å². The van der Waals surface area contributed by atoms with E-state index in [1.165, 1.54) is 4.90 Å². The molecule has 1 aromatic heterocycles. The SMILES string of the molecule is COc1ccc(Cl)c2c1CN(C(=O)C(=O)NCc1noc(-c3ccccc3)c1C)CC2. The Morgan fingerprint density at radius 2 is 1.97 bits per heavy atom. The maximum absolute atomic E-state index is 12.7. The smallest absolute Gasteiger partial charge is 0.312 e. The summed E-state index contributed by atoms with van der Waals surface area (Å²) in [5.74, 6) is 0.0157. The molecule has 0 spiro atoms. The number of amides is 2. The second-order valence-electron chi connectivity index (χ2n) is 7.32. The molecule has 7 nitrogen and oxygen atoms in total. The number of methoxy groups -OCH3 is 1. The predicted molar refractivity (Wildman–Crippen MR) is 116 cm³/mol. The summed E-state index contributed by atoms with van der Waals surface area (Å²) in [6.45, 7) is 2.66. The van der Waals surface area contributed by atoms with Gasteiger partial charge in [0.05, 0.1) is 20.2 Å². The van der Waals surface area contributed by atoms with Crippen molar-refractivity contribution in [2.24, 2.45) is 0 Å². The number of hydrogen-bond acceptors (Lipinski definition) is 5. The van der Waals surface area contributed by atoms with Crippen LogP contribution in [-0.2, 0) is 29.1 Å². The zero-order valence-corrected chi connectivity index (χ0v) is 18.0. The van der Waals surface area contributed by atoms with Crippen LogP contribution in [0.2, 0.25) is 5.02 Å². The zero-order chi connectivity index (χ0) is 22.0. The molecule has 2 amide bonds. The monoisotopic (exact) mass is 439 g/mol. The van der Waals surface area contributed by atoms with E-state index in [9.17, 15) is 9.59 Å². The Labute approximate surface area is 184 Å². The van der Waals surface area contributed by atoms with Crippen molar-refractivity contribution in [3.05, 3.63) is 69.9 Å². The highest BCUT2D eigenvalue weighted by Gasteiger charge is 2.29. The molecule has 2 aromatic carbocycles. The van der Waals surface area contributed by atoms with E-state index in [2.05, 4.69) is 10.5 Å². The third kappa shape index (κ3) is 4.14. The Balaban J connectivity index is 1.42. The van der Waals surface area contributed by atoms with Crippen molar-refractivity contribution in [1.29, 1.82) is 0 Å². The Kier molecular flexibility index (Phi) is 5.95. The summed E-state index contributed by atoms with van der Waals surface area (Å²) < 4.78 is 10.8. The summed E-state index contributed by atoms with van der Waals surface area (Å²) in [6, 6.07) is 13.2. The first-order valence-electron chi connectivity index (χ1n) is 9.91. The standard InChI is InChI=1S/C23H22ClN3O4/c1-14-19(26-31-21(14)15-6-4-3-5-7-15)12-25-22(28)23(29)27-11-10-16-17(13-27)20(30-2)9-8-18(16)24/h3-9H,10-13H2,1-2H3,(H,25,28). The molecule has 2 heterocycles. The number of benzene rings is 2. The number of carbonyl (C=O) groups excluding carboxylic acids is 2. The highest BCUT2D eigenvalue weighted by Crippen LogP contribution is 2.33. The lowest BCUT2D eigenvalue weighted by atomic mass is 9.98. The molecule has 1 N–H and O–H groups in total. The number of nitrogens with zero attached hydrogens (tertiary/aromatic N) is 2. The van der Waals surface area contributed by atoms with Gasteiger partial charge in [-0.2, -0.15) is 0 Å². The van der Waals surface area contributed by atoms with Crippen molar-refractivity contribution in [2.45, 2.75) is 26.4 Å². The molecular weight excluding hydrogens is 418 g/mol. The van der Waals surface area contributed by atoms with Crippen molar-refractivity contribution in [3.8, 4) is 17.1 Å². The highest BCUT2D eigenvalue weighted by molar-refractivity contribution is 6.35. The maximum atomic E-state index is 12.7. The van der Waals surface area contributed by atoms with Gasteiger partial charge in [-0.15, -0.1) is 0 Å². The van der Waals surface area contributed by atoms with Gasteiger partial charge in [0.1, 0.15) is 11.4 Å². The molecule has 31 heavy (non-hydrogen) atoms. The Morgan fingerprint density at radius 1 is 1.19 bits per heavy atom. The number of nitrogens with one attached hydrogen (secondary N) is 1. The minimum absolute atomic E-state index is 0.103. The zero-order valence-electron chi connectivity index (χ0n) is 17.3. The summed E-state index contributed by atoms with van der Waals surface area (Å²) >= 11 is 6.29. The summed E-state index contributed by atoms with van der Waals surface area (Å²) in [5.41, 5.74) is 4.10. The fraction of sp³-hybridized carbons (Fsp3) is 0.261. The molecule has 0 radical (unpaired) electrons. The van der Waals surface area contributed by atoms with E-state index >= 15 is 0 Å². The van der Waals surface area contributed by atoms with Gasteiger partial charge in [0, 0.05) is 28.3 Å². The lowest BCUT2D eigenvalue weighted by Crippen LogP contribution is -2.45. The second-order valence-corrected chi connectivity index (χ2v) is 7.72. The quantitative estimate of drug-likeness (QED) is 0.629. The number of aromatic nitrogens is 1. The van der Waals surface area contributed by atoms with E-state index < -0.39 is 11.8 Å². The van der Waals surface area contributed by atoms with Crippen LogP contribution in [0.25, 0.3) is 11.3 Å². The van der Waals surface area contributed by atoms with Crippen LogP contribution < -0.4 is 10.1 Å². The molecule has 0 saturated heterocycles. The molecule has 4 rings (SSSR count). The average molecular weight is 440 g/mol. The fourth-order valence-electron chi connectivity index (χ4n) is 3.74. The number of carbonyl (C=O) groups is 2. The molecule has 1 aliphatic heterocycles. The number of rotatable bonds is 4. The van der Waals surface area contributed by atoms with E-state index in [1.54, 1.807) is 19.2 Å². The highest BCUT2D eigenvalue weighted by atomic mass is 35.5. The minimum atomic E-state index is -0.687. The molecule has 3 aromatic rings. The predicted octanol–water partition coefficient (Wildman–Crippen LogP) is 3.51. The van der Waals surface area contributed by atoms with Gasteiger partial charge >= 0.3 is 11.8 Å². The van der Waals surface area contributed by atoms with Gasteiger partial charge < -0.3 is 19.5 Å². The molecule has 8 heteroatoms. The lowest BCUT2D eigenvalue weighted by molar-refractivity contribution is -0.146. The van der Waals surface area contributed by atoms with Gasteiger partial charge in [0.25, 0.3) is 0 Å². The number of hydrogen-bond donors (Lipinski definition) is 1. The van der Waals surface area contributed by atoms with E-state index in [0.717, 1.165) is 22.3 Å². The molecular formula is C23H22ClN3O4. The Hall–Kier alpha value is -3.32. The van der Waals surface area contributed by atoms with Crippen LogP contribution in [0.4, 0.5) is 0 Å². The molecule has 0 aliphatic carbocycles. The van der Waals surface area contributed by atoms with Crippen LogP contribution in [0.1, 0.15) is 22.4 Å². The molecule has 0 fully saturated rings. The summed E-state index contributed by atoms with van der Waals surface area (Å²) in [5, 5.41) is 7.35. The van der Waals surface area contributed by atoms with Crippen LogP contribution in [0.5, 0.6) is 5.75 Å². The van der Waals surface area contributed by atoms with Gasteiger partial charge in [0.15, 0.2) is 5.76 Å². The molecule has 0 bridgehead atoms. The van der Waals surface area contributed by atoms with Gasteiger partial charge in [0.2, 0.25) is 0 Å². The van der Waals surface area contributed by atoms with E-state index in [0.29, 0.717) is 35.2 Å². The number of ether oxygens (including phenoxy) is 1.